The summed E-state index contributed by atoms with van der Waals surface area (Å²) in [4.78, 5) is 18.3. The Kier molecular flexibility index (Phi) is 4.60. The second kappa shape index (κ2) is 7.09. The Labute approximate surface area is 194 Å². The number of fused-ring (bicyclic) bond motifs is 4. The van der Waals surface area contributed by atoms with E-state index >= 15 is 0 Å². The van der Waals surface area contributed by atoms with Gasteiger partial charge in [-0.05, 0) is 73.8 Å². The lowest BCUT2D eigenvalue weighted by Gasteiger charge is -2.64. The number of aliphatic imine (C=N–C) groups is 1. The number of ketones is 1. The van der Waals surface area contributed by atoms with Crippen LogP contribution in [0.25, 0.3) is 0 Å². The van der Waals surface area contributed by atoms with E-state index in [0.29, 0.717) is 28.8 Å². The molecule has 6 rings (SSSR count). The molecule has 170 valence electrons. The van der Waals surface area contributed by atoms with Crippen LogP contribution in [0.3, 0.4) is 0 Å². The Hall–Kier alpha value is -1.82. The normalized spacial score (nSPS) is 46.1. The van der Waals surface area contributed by atoms with Gasteiger partial charge < -0.3 is 10.5 Å². The molecule has 0 bridgehead atoms. The third-order valence-corrected chi connectivity index (χ3v) is 11.4. The van der Waals surface area contributed by atoms with Crippen molar-refractivity contribution in [3.8, 4) is 0 Å². The van der Waals surface area contributed by atoms with E-state index in [9.17, 15) is 10.0 Å². The van der Waals surface area contributed by atoms with Crippen LogP contribution >= 0.6 is 11.8 Å². The lowest BCUT2D eigenvalue weighted by molar-refractivity contribution is -0.137. The molecule has 0 saturated heterocycles. The van der Waals surface area contributed by atoms with Crippen molar-refractivity contribution in [2.45, 2.75) is 76.0 Å². The van der Waals surface area contributed by atoms with Crippen LogP contribution in [0.5, 0.6) is 0 Å². The summed E-state index contributed by atoms with van der Waals surface area (Å²) in [5.41, 5.74) is 1.68. The number of anilines is 1. The number of rotatable bonds is 1. The number of hydrogen-bond donors (Lipinski definition) is 2. The summed E-state index contributed by atoms with van der Waals surface area (Å²) in [6.07, 6.45) is 7.72. The lowest BCUT2D eigenvalue weighted by Crippen LogP contribution is -2.65. The maximum Gasteiger partial charge on any atom is 0.162 e. The van der Waals surface area contributed by atoms with Crippen molar-refractivity contribution in [3.63, 3.8) is 0 Å². The molecule has 1 heterocycles. The van der Waals surface area contributed by atoms with Gasteiger partial charge in [0.1, 0.15) is 5.78 Å². The maximum absolute atomic E-state index is 12.8. The molecule has 4 aliphatic carbocycles. The molecule has 7 atom stereocenters. The smallest absolute Gasteiger partial charge is 0.162 e. The molecular weight excluding hydrogens is 418 g/mol. The van der Waals surface area contributed by atoms with Gasteiger partial charge in [-0.3, -0.25) is 9.79 Å². The SMILES string of the molecule is C[C@]12CC[C@H]3[C@@H](C[C@@H]4SC(Nc5ccccc5)=N[C@@]45C/C(=N/O)CC[C@]35C)[C@@H]1CCC2=O. The van der Waals surface area contributed by atoms with Gasteiger partial charge in [0.2, 0.25) is 0 Å². The fraction of sp³-hybridized carbons (Fsp3) is 0.654. The molecule has 4 saturated carbocycles. The fourth-order valence-corrected chi connectivity index (χ4v) is 9.93. The van der Waals surface area contributed by atoms with E-state index < -0.39 is 0 Å². The largest absolute Gasteiger partial charge is 0.411 e. The Bertz CT molecular complexity index is 1010. The van der Waals surface area contributed by atoms with E-state index in [1.807, 2.05) is 30.0 Å². The van der Waals surface area contributed by atoms with E-state index in [1.54, 1.807) is 0 Å². The molecule has 0 amide bonds. The highest BCUT2D eigenvalue weighted by atomic mass is 32.2. The minimum atomic E-state index is -0.230. The fourth-order valence-electron chi connectivity index (χ4n) is 8.35. The first-order valence-electron chi connectivity index (χ1n) is 12.2. The molecule has 0 radical (unpaired) electrons. The summed E-state index contributed by atoms with van der Waals surface area (Å²) in [6, 6.07) is 10.3. The Morgan fingerprint density at radius 2 is 1.94 bits per heavy atom. The number of amidine groups is 1. The minimum Gasteiger partial charge on any atom is -0.411 e. The maximum atomic E-state index is 12.8. The number of nitrogens with zero attached hydrogens (tertiary/aromatic N) is 2. The van der Waals surface area contributed by atoms with Gasteiger partial charge in [-0.2, -0.15) is 0 Å². The van der Waals surface area contributed by atoms with Crippen molar-refractivity contribution in [1.82, 2.24) is 0 Å². The van der Waals surface area contributed by atoms with Gasteiger partial charge in [0.05, 0.1) is 11.3 Å². The first-order chi connectivity index (χ1) is 15.4. The van der Waals surface area contributed by atoms with Crippen molar-refractivity contribution in [3.05, 3.63) is 30.3 Å². The van der Waals surface area contributed by atoms with E-state index in [-0.39, 0.29) is 16.4 Å². The summed E-state index contributed by atoms with van der Waals surface area (Å²) < 4.78 is 0. The van der Waals surface area contributed by atoms with E-state index in [1.165, 1.54) is 0 Å². The average molecular weight is 452 g/mol. The van der Waals surface area contributed by atoms with Crippen LogP contribution in [0.4, 0.5) is 5.69 Å². The monoisotopic (exact) mass is 451 g/mol. The predicted molar refractivity (Wildman–Crippen MR) is 129 cm³/mol. The number of carbonyl (C=O) groups excluding carboxylic acids is 1. The van der Waals surface area contributed by atoms with Gasteiger partial charge in [-0.15, -0.1) is 0 Å². The average Bonchev–Trinajstić information content (AvgIpc) is 3.29. The van der Waals surface area contributed by atoms with Gasteiger partial charge in [0.15, 0.2) is 5.17 Å². The number of thioether (sulfide) groups is 1. The molecule has 1 aromatic rings. The molecule has 32 heavy (non-hydrogen) atoms. The molecule has 2 N–H and O–H groups in total. The lowest BCUT2D eigenvalue weighted by atomic mass is 9.42. The topological polar surface area (TPSA) is 74.1 Å². The summed E-state index contributed by atoms with van der Waals surface area (Å²) >= 11 is 1.88. The number of carbonyl (C=O) groups is 1. The first-order valence-corrected chi connectivity index (χ1v) is 13.1. The standard InChI is InChI=1S/C26H33N3O2S/c1-24-12-11-20-18(19(24)8-9-21(24)30)14-22-26(15-17(29-31)10-13-25(20,26)2)28-23(32-22)27-16-6-4-3-5-7-16/h3-7,18-20,22,31H,8-15H2,1-2H3,(H,27,28)/b29-17+/t18-,19-,20-,22-,24-,25+,26-/m0/s1. The van der Waals surface area contributed by atoms with Crippen LogP contribution in [-0.4, -0.2) is 32.7 Å². The second-order valence-corrected chi connectivity index (χ2v) is 12.4. The number of nitrogens with one attached hydrogen (secondary N) is 1. The van der Waals surface area contributed by atoms with Gasteiger partial charge in [-0.1, -0.05) is 49.0 Å². The molecule has 1 spiro atoms. The highest BCUT2D eigenvalue weighted by molar-refractivity contribution is 8.15. The Morgan fingerprint density at radius 3 is 2.72 bits per heavy atom. The number of para-hydroxylation sites is 1. The van der Waals surface area contributed by atoms with E-state index in [0.717, 1.165) is 67.9 Å². The molecule has 1 aliphatic heterocycles. The highest BCUT2D eigenvalue weighted by Gasteiger charge is 2.69. The predicted octanol–water partition coefficient (Wildman–Crippen LogP) is 5.74. The minimum absolute atomic E-state index is 0.0643. The van der Waals surface area contributed by atoms with E-state index in [2.05, 4.69) is 36.5 Å². The van der Waals surface area contributed by atoms with Gasteiger partial charge >= 0.3 is 0 Å². The van der Waals surface area contributed by atoms with Crippen LogP contribution in [-0.2, 0) is 4.79 Å². The second-order valence-electron chi connectivity index (χ2n) is 11.2. The van der Waals surface area contributed by atoms with Gasteiger partial charge in [-0.25, -0.2) is 0 Å². The van der Waals surface area contributed by atoms with Crippen LogP contribution in [0, 0.1) is 28.6 Å². The molecule has 6 heteroatoms. The third-order valence-electron chi connectivity index (χ3n) is 10.1. The molecule has 4 fully saturated rings. The van der Waals surface area contributed by atoms with Gasteiger partial charge in [0.25, 0.3) is 0 Å². The summed E-state index contributed by atoms with van der Waals surface area (Å²) in [5, 5.41) is 18.3. The number of oxime groups is 1. The zero-order chi connectivity index (χ0) is 22.1. The van der Waals surface area contributed by atoms with Crippen LogP contribution in [0.1, 0.15) is 65.2 Å². The van der Waals surface area contributed by atoms with Crippen molar-refractivity contribution >= 4 is 34.1 Å². The zero-order valence-corrected chi connectivity index (χ0v) is 19.8. The number of hydrogen-bond acceptors (Lipinski definition) is 6. The molecule has 0 aromatic heterocycles. The zero-order valence-electron chi connectivity index (χ0n) is 19.0. The number of Topliss-reactive ketones (excluding diaryl/α,β-unsaturated/α-hetero) is 1. The summed E-state index contributed by atoms with van der Waals surface area (Å²) in [6.45, 7) is 4.73. The van der Waals surface area contributed by atoms with Crippen molar-refractivity contribution in [2.24, 2.45) is 38.7 Å². The van der Waals surface area contributed by atoms with Crippen LogP contribution in [0.15, 0.2) is 40.5 Å². The Morgan fingerprint density at radius 1 is 1.12 bits per heavy atom. The third kappa shape index (κ3) is 2.68. The quantitative estimate of drug-likeness (QED) is 0.421. The van der Waals surface area contributed by atoms with E-state index in [4.69, 9.17) is 4.99 Å². The van der Waals surface area contributed by atoms with Crippen LogP contribution in [0.2, 0.25) is 0 Å². The summed E-state index contributed by atoms with van der Waals surface area (Å²) in [7, 11) is 0. The molecule has 1 aromatic carbocycles. The summed E-state index contributed by atoms with van der Waals surface area (Å²) in [5.74, 6) is 2.20. The van der Waals surface area contributed by atoms with Gasteiger partial charge in [0, 0.05) is 29.2 Å². The van der Waals surface area contributed by atoms with Crippen molar-refractivity contribution < 1.29 is 10.0 Å². The Balaban J connectivity index is 1.41. The van der Waals surface area contributed by atoms with Crippen molar-refractivity contribution in [2.75, 3.05) is 5.32 Å². The molecular formula is C26H33N3O2S. The first kappa shape index (κ1) is 20.8. The van der Waals surface area contributed by atoms with Crippen LogP contribution < -0.4 is 5.32 Å². The number of benzene rings is 1. The molecule has 0 unspecified atom stereocenters. The van der Waals surface area contributed by atoms with Crippen molar-refractivity contribution in [1.29, 1.82) is 0 Å². The highest BCUT2D eigenvalue weighted by Crippen LogP contribution is 2.70. The molecule has 5 nitrogen and oxygen atoms in total. The molecule has 5 aliphatic rings.